The largest absolute Gasteiger partial charge is 0.303 e. The molecule has 0 aromatic heterocycles. The third-order valence-electron chi connectivity index (χ3n) is 8.90. The summed E-state index contributed by atoms with van der Waals surface area (Å²) in [5.74, 6) is 1.50. The standard InChI is InChI=1S/C35H53N5/c1-28(2)26-39(27-29(3)4)19-10-17-37-22-24-38(25-23-37)18-11-20-40-21-16-32-31-14-8-9-15-33(31)36-34(32)35(40)30-12-6-5-7-13-30/h5-9,12-13,15,28-29,35H,10-11,14,16-27H2,1-4H3. The lowest BCUT2D eigenvalue weighted by atomic mass is 9.86. The van der Waals surface area contributed by atoms with Crippen LogP contribution in [0.2, 0.25) is 0 Å². The van der Waals surface area contributed by atoms with E-state index in [-0.39, 0.29) is 6.04 Å². The van der Waals surface area contributed by atoms with E-state index in [0.29, 0.717) is 0 Å². The molecule has 2 saturated heterocycles. The second kappa shape index (κ2) is 14.2. The number of benzene rings is 1. The van der Waals surface area contributed by atoms with Crippen molar-refractivity contribution in [1.29, 1.82) is 0 Å². The van der Waals surface area contributed by atoms with Gasteiger partial charge in [0.15, 0.2) is 0 Å². The van der Waals surface area contributed by atoms with Gasteiger partial charge in [0.1, 0.15) is 0 Å². The average molecular weight is 544 g/mol. The molecule has 5 nitrogen and oxygen atoms in total. The molecule has 40 heavy (non-hydrogen) atoms. The van der Waals surface area contributed by atoms with E-state index in [2.05, 4.69) is 95.9 Å². The minimum absolute atomic E-state index is 0.284. The first kappa shape index (κ1) is 29.4. The van der Waals surface area contributed by atoms with Crippen LogP contribution in [0.5, 0.6) is 0 Å². The summed E-state index contributed by atoms with van der Waals surface area (Å²) in [6.45, 7) is 22.7. The van der Waals surface area contributed by atoms with Crippen LogP contribution < -0.4 is 0 Å². The van der Waals surface area contributed by atoms with Crippen molar-refractivity contribution in [3.05, 3.63) is 71.0 Å². The Labute approximate surface area is 244 Å². The maximum absolute atomic E-state index is 5.20. The maximum Gasteiger partial charge on any atom is 0.0779 e. The topological polar surface area (TPSA) is 25.3 Å². The van der Waals surface area contributed by atoms with Gasteiger partial charge in [0, 0.05) is 52.4 Å². The Morgan fingerprint density at radius 2 is 1.50 bits per heavy atom. The van der Waals surface area contributed by atoms with Crippen molar-refractivity contribution >= 4 is 5.71 Å². The second-order valence-corrected chi connectivity index (χ2v) is 13.2. The number of aliphatic imine (C=N–C) groups is 1. The Bertz CT molecular complexity index is 1060. The number of rotatable bonds is 13. The molecule has 5 rings (SSSR count). The molecule has 3 heterocycles. The minimum Gasteiger partial charge on any atom is -0.303 e. The van der Waals surface area contributed by atoms with Crippen molar-refractivity contribution < 1.29 is 0 Å². The smallest absolute Gasteiger partial charge is 0.0779 e. The summed E-state index contributed by atoms with van der Waals surface area (Å²) in [5, 5.41) is 0. The van der Waals surface area contributed by atoms with Gasteiger partial charge < -0.3 is 14.7 Å². The molecule has 1 aromatic carbocycles. The van der Waals surface area contributed by atoms with Gasteiger partial charge in [0.25, 0.3) is 0 Å². The zero-order chi connectivity index (χ0) is 27.9. The number of hydrogen-bond donors (Lipinski definition) is 0. The molecule has 0 radical (unpaired) electrons. The quantitative estimate of drug-likeness (QED) is 0.303. The normalized spacial score (nSPS) is 22.3. The van der Waals surface area contributed by atoms with E-state index in [1.165, 1.54) is 99.9 Å². The first-order chi connectivity index (χ1) is 19.5. The van der Waals surface area contributed by atoms with Crippen LogP contribution in [0.25, 0.3) is 0 Å². The fourth-order valence-electron chi connectivity index (χ4n) is 7.13. The number of nitrogens with zero attached hydrogens (tertiary/aromatic N) is 5. The fraction of sp³-hybridized carbons (Fsp3) is 0.629. The average Bonchev–Trinajstić information content (AvgIpc) is 3.32. The number of likely N-dealkylation sites (tertiary alicyclic amines) is 1. The highest BCUT2D eigenvalue weighted by Crippen LogP contribution is 2.41. The Balaban J connectivity index is 1.08. The Kier molecular flexibility index (Phi) is 10.5. The lowest BCUT2D eigenvalue weighted by Crippen LogP contribution is -2.48. The van der Waals surface area contributed by atoms with Gasteiger partial charge in [0.2, 0.25) is 0 Å². The van der Waals surface area contributed by atoms with Crippen LogP contribution in [-0.2, 0) is 0 Å². The highest BCUT2D eigenvalue weighted by Gasteiger charge is 2.37. The van der Waals surface area contributed by atoms with Gasteiger partial charge >= 0.3 is 0 Å². The van der Waals surface area contributed by atoms with Crippen molar-refractivity contribution in [1.82, 2.24) is 19.6 Å². The molecule has 1 aromatic rings. The Morgan fingerprint density at radius 3 is 2.17 bits per heavy atom. The van der Waals surface area contributed by atoms with E-state index < -0.39 is 0 Å². The van der Waals surface area contributed by atoms with E-state index in [4.69, 9.17) is 4.99 Å². The Morgan fingerprint density at radius 1 is 0.825 bits per heavy atom. The highest BCUT2D eigenvalue weighted by molar-refractivity contribution is 6.09. The van der Waals surface area contributed by atoms with Gasteiger partial charge in [-0.25, -0.2) is 0 Å². The predicted molar refractivity (Wildman–Crippen MR) is 170 cm³/mol. The monoisotopic (exact) mass is 543 g/mol. The first-order valence-corrected chi connectivity index (χ1v) is 16.1. The zero-order valence-electron chi connectivity index (χ0n) is 25.7. The molecule has 0 spiro atoms. The molecule has 5 heteroatoms. The van der Waals surface area contributed by atoms with E-state index in [1.807, 2.05) is 0 Å². The van der Waals surface area contributed by atoms with Crippen molar-refractivity contribution in [3.8, 4) is 0 Å². The summed E-state index contributed by atoms with van der Waals surface area (Å²) in [6, 6.07) is 11.4. The van der Waals surface area contributed by atoms with Gasteiger partial charge in [-0.15, -0.1) is 0 Å². The molecule has 0 saturated carbocycles. The maximum atomic E-state index is 5.20. The van der Waals surface area contributed by atoms with Crippen LogP contribution in [0.4, 0.5) is 0 Å². The van der Waals surface area contributed by atoms with Crippen molar-refractivity contribution in [2.24, 2.45) is 16.8 Å². The zero-order valence-corrected chi connectivity index (χ0v) is 25.7. The number of piperidine rings is 1. The molecule has 2 fully saturated rings. The summed E-state index contributed by atoms with van der Waals surface area (Å²) >= 11 is 0. The lowest BCUT2D eigenvalue weighted by molar-refractivity contribution is 0.118. The number of piperazine rings is 1. The third-order valence-corrected chi connectivity index (χ3v) is 8.90. The predicted octanol–water partition coefficient (Wildman–Crippen LogP) is 6.04. The van der Waals surface area contributed by atoms with Gasteiger partial charge in [-0.2, -0.15) is 0 Å². The van der Waals surface area contributed by atoms with Gasteiger partial charge in [-0.05, 0) is 79.9 Å². The molecule has 3 aliphatic heterocycles. The van der Waals surface area contributed by atoms with Crippen molar-refractivity contribution in [2.75, 3.05) is 72.0 Å². The molecule has 1 aliphatic carbocycles. The summed E-state index contributed by atoms with van der Waals surface area (Å²) in [7, 11) is 0. The Hall–Kier alpha value is -2.05. The number of fused-ring (bicyclic) bond motifs is 2. The molecule has 0 amide bonds. The van der Waals surface area contributed by atoms with Gasteiger partial charge in [-0.1, -0.05) is 70.2 Å². The molecule has 218 valence electrons. The van der Waals surface area contributed by atoms with E-state index in [9.17, 15) is 0 Å². The summed E-state index contributed by atoms with van der Waals surface area (Å²) < 4.78 is 0. The van der Waals surface area contributed by atoms with E-state index >= 15 is 0 Å². The van der Waals surface area contributed by atoms with Gasteiger partial charge in [0.05, 0.1) is 17.5 Å². The molecule has 1 atom stereocenters. The lowest BCUT2D eigenvalue weighted by Gasteiger charge is -2.39. The van der Waals surface area contributed by atoms with Crippen LogP contribution in [0.15, 0.2) is 70.4 Å². The summed E-state index contributed by atoms with van der Waals surface area (Å²) in [5.41, 5.74) is 6.91. The number of allylic oxidation sites excluding steroid dienone is 4. The first-order valence-electron chi connectivity index (χ1n) is 16.1. The molecule has 1 unspecified atom stereocenters. The van der Waals surface area contributed by atoms with Crippen LogP contribution in [-0.4, -0.2) is 97.3 Å². The molecule has 0 bridgehead atoms. The minimum atomic E-state index is 0.284. The van der Waals surface area contributed by atoms with Crippen molar-refractivity contribution in [2.45, 2.75) is 59.4 Å². The summed E-state index contributed by atoms with van der Waals surface area (Å²) in [4.78, 5) is 16.0. The SMILES string of the molecule is CC(C)CN(CCCN1CCN(CCCN2CCC3=C4CC=CC=C4N=C3C2c2ccccc2)CC1)CC(C)C. The van der Waals surface area contributed by atoms with Crippen LogP contribution in [0, 0.1) is 11.8 Å². The van der Waals surface area contributed by atoms with Crippen LogP contribution >= 0.6 is 0 Å². The second-order valence-electron chi connectivity index (χ2n) is 13.2. The fourth-order valence-corrected chi connectivity index (χ4v) is 7.13. The van der Waals surface area contributed by atoms with E-state index in [1.54, 1.807) is 0 Å². The van der Waals surface area contributed by atoms with Crippen LogP contribution in [0.3, 0.4) is 0 Å². The molecular weight excluding hydrogens is 490 g/mol. The third kappa shape index (κ3) is 7.61. The highest BCUT2D eigenvalue weighted by atomic mass is 15.3. The van der Waals surface area contributed by atoms with E-state index in [0.717, 1.165) is 37.8 Å². The van der Waals surface area contributed by atoms with Gasteiger partial charge in [-0.3, -0.25) is 9.89 Å². The van der Waals surface area contributed by atoms with Crippen molar-refractivity contribution in [3.63, 3.8) is 0 Å². The summed E-state index contributed by atoms with van der Waals surface area (Å²) in [6.07, 6.45) is 11.3. The molecular formula is C35H53N5. The molecule has 0 N–H and O–H groups in total. The number of hydrogen-bond acceptors (Lipinski definition) is 5. The van der Waals surface area contributed by atoms with Crippen LogP contribution in [0.1, 0.15) is 65.0 Å². The molecule has 4 aliphatic rings.